The second-order valence-electron chi connectivity index (χ2n) is 3.42. The van der Waals surface area contributed by atoms with Crippen molar-refractivity contribution in [3.05, 3.63) is 53.9 Å². The lowest BCUT2D eigenvalue weighted by atomic mass is 10.1. The summed E-state index contributed by atoms with van der Waals surface area (Å²) < 4.78 is 0.836. The summed E-state index contributed by atoms with van der Waals surface area (Å²) in [5.41, 5.74) is 1.36. The summed E-state index contributed by atoms with van der Waals surface area (Å²) in [4.78, 5) is 0. The van der Waals surface area contributed by atoms with Crippen molar-refractivity contribution >= 4 is 73.9 Å². The van der Waals surface area contributed by atoms with E-state index in [-0.39, 0.29) is 25.1 Å². The molecule has 0 aliphatic heterocycles. The molecule has 0 spiro atoms. The van der Waals surface area contributed by atoms with Crippen LogP contribution >= 0.6 is 73.9 Å². The van der Waals surface area contributed by atoms with Gasteiger partial charge in [-0.15, -0.1) is 0 Å². The average molecular weight is 405 g/mol. The van der Waals surface area contributed by atoms with Crippen LogP contribution in [0.3, 0.4) is 0 Å². The number of hydrogen-bond acceptors (Lipinski definition) is 0. The van der Waals surface area contributed by atoms with E-state index in [1.54, 1.807) is 0 Å². The van der Waals surface area contributed by atoms with Gasteiger partial charge in [-0.3, -0.25) is 0 Å². The Hall–Kier alpha value is 0.370. The van der Waals surface area contributed by atoms with Gasteiger partial charge in [-0.05, 0) is 11.6 Å². The highest BCUT2D eigenvalue weighted by Gasteiger charge is 2.21. The van der Waals surface area contributed by atoms with E-state index >= 15 is 0 Å². The van der Waals surface area contributed by atoms with Gasteiger partial charge in [0.25, 0.3) is 0 Å². The molecule has 94 valence electrons. The van der Waals surface area contributed by atoms with E-state index in [0.717, 1.165) is 10.0 Å². The summed E-state index contributed by atoms with van der Waals surface area (Å²) in [6.45, 7) is 0. The molecule has 2 aromatic carbocycles. The number of rotatable bonds is 1. The third kappa shape index (κ3) is 2.49. The van der Waals surface area contributed by atoms with Crippen LogP contribution in [0, 0.1) is 0 Å². The van der Waals surface area contributed by atoms with Gasteiger partial charge in [0.15, 0.2) is 0 Å². The van der Waals surface area contributed by atoms with Gasteiger partial charge in [0, 0.05) is 10.0 Å². The molecule has 6 heteroatoms. The highest BCUT2D eigenvalue weighted by atomic mass is 79.9. The Morgan fingerprint density at radius 2 is 1.11 bits per heavy atom. The second-order valence-corrected chi connectivity index (χ2v) is 6.17. The summed E-state index contributed by atoms with van der Waals surface area (Å²) in [6.07, 6.45) is 0. The second kappa shape index (κ2) is 5.78. The minimum Gasteiger partial charge on any atom is -0.0819 e. The standard InChI is InChI=1S/C12H4BrCl5/c13-6-4-2-1-3-5(6)7-8(14)10(16)12(18)11(17)9(7)15/h1-4H. The molecule has 0 heterocycles. The predicted octanol–water partition coefficient (Wildman–Crippen LogP) is 7.38. The van der Waals surface area contributed by atoms with Crippen LogP contribution in [-0.2, 0) is 0 Å². The first kappa shape index (κ1) is 14.8. The quantitative estimate of drug-likeness (QED) is 0.343. The van der Waals surface area contributed by atoms with Crippen molar-refractivity contribution in [2.75, 3.05) is 0 Å². The molecule has 0 nitrogen and oxygen atoms in total. The molecular formula is C12H4BrCl5. The van der Waals surface area contributed by atoms with E-state index in [9.17, 15) is 0 Å². The Morgan fingerprint density at radius 3 is 1.61 bits per heavy atom. The third-order valence-electron chi connectivity index (χ3n) is 2.35. The summed E-state index contributed by atoms with van der Waals surface area (Å²) in [7, 11) is 0. The lowest BCUT2D eigenvalue weighted by molar-refractivity contribution is 1.58. The number of halogens is 6. The van der Waals surface area contributed by atoms with Crippen LogP contribution in [0.5, 0.6) is 0 Å². The van der Waals surface area contributed by atoms with E-state index in [2.05, 4.69) is 15.9 Å². The first-order valence-electron chi connectivity index (χ1n) is 4.71. The normalized spacial score (nSPS) is 10.8. The Bertz CT molecular complexity index is 595. The molecule has 0 radical (unpaired) electrons. The third-order valence-corrected chi connectivity index (χ3v) is 5.32. The predicted molar refractivity (Wildman–Crippen MR) is 84.6 cm³/mol. The van der Waals surface area contributed by atoms with E-state index in [0.29, 0.717) is 5.56 Å². The monoisotopic (exact) mass is 402 g/mol. The minimum absolute atomic E-state index is 0.157. The summed E-state index contributed by atoms with van der Waals surface area (Å²) in [6, 6.07) is 7.48. The lowest BCUT2D eigenvalue weighted by Crippen LogP contribution is -1.87. The fourth-order valence-electron chi connectivity index (χ4n) is 1.51. The number of hydrogen-bond donors (Lipinski definition) is 0. The molecule has 0 bridgehead atoms. The maximum Gasteiger partial charge on any atom is 0.0809 e. The Kier molecular flexibility index (Phi) is 4.75. The molecule has 0 aromatic heterocycles. The van der Waals surface area contributed by atoms with Crippen LogP contribution < -0.4 is 0 Å². The fraction of sp³-hybridized carbons (Fsp3) is 0. The first-order chi connectivity index (χ1) is 8.45. The smallest absolute Gasteiger partial charge is 0.0809 e. The van der Waals surface area contributed by atoms with Crippen LogP contribution in [0.25, 0.3) is 11.1 Å². The Balaban J connectivity index is 2.85. The van der Waals surface area contributed by atoms with E-state index in [1.165, 1.54) is 0 Å². The SMILES string of the molecule is Clc1c(Cl)c(Cl)c(-c2ccccc2Br)c(Cl)c1Cl. The van der Waals surface area contributed by atoms with Gasteiger partial charge in [0.1, 0.15) is 0 Å². The summed E-state index contributed by atoms with van der Waals surface area (Å²) >= 11 is 33.9. The van der Waals surface area contributed by atoms with Gasteiger partial charge in [0.2, 0.25) is 0 Å². The van der Waals surface area contributed by atoms with Crippen LogP contribution in [0.1, 0.15) is 0 Å². The largest absolute Gasteiger partial charge is 0.0819 e. The molecule has 0 atom stereocenters. The van der Waals surface area contributed by atoms with Gasteiger partial charge >= 0.3 is 0 Å². The van der Waals surface area contributed by atoms with E-state index in [4.69, 9.17) is 58.0 Å². The zero-order valence-corrected chi connectivity index (χ0v) is 13.9. The zero-order chi connectivity index (χ0) is 13.4. The van der Waals surface area contributed by atoms with Crippen molar-refractivity contribution in [1.82, 2.24) is 0 Å². The molecule has 0 aliphatic rings. The van der Waals surface area contributed by atoms with Gasteiger partial charge in [-0.1, -0.05) is 92.1 Å². The fourth-order valence-corrected chi connectivity index (χ4v) is 3.33. The minimum atomic E-state index is 0.157. The van der Waals surface area contributed by atoms with Crippen LogP contribution in [0.4, 0.5) is 0 Å². The number of benzene rings is 2. The van der Waals surface area contributed by atoms with Crippen LogP contribution in [-0.4, -0.2) is 0 Å². The first-order valence-corrected chi connectivity index (χ1v) is 7.39. The van der Waals surface area contributed by atoms with E-state index < -0.39 is 0 Å². The molecule has 2 rings (SSSR count). The van der Waals surface area contributed by atoms with Gasteiger partial charge in [-0.25, -0.2) is 0 Å². The van der Waals surface area contributed by atoms with Crippen molar-refractivity contribution in [3.8, 4) is 11.1 Å². The molecule has 0 unspecified atom stereocenters. The topological polar surface area (TPSA) is 0 Å². The summed E-state index contributed by atoms with van der Waals surface area (Å²) in [5, 5.41) is 1.10. The highest BCUT2D eigenvalue weighted by molar-refractivity contribution is 9.10. The van der Waals surface area contributed by atoms with Gasteiger partial charge < -0.3 is 0 Å². The molecular weight excluding hydrogens is 401 g/mol. The van der Waals surface area contributed by atoms with Crippen molar-refractivity contribution < 1.29 is 0 Å². The van der Waals surface area contributed by atoms with Crippen LogP contribution in [0.15, 0.2) is 28.7 Å². The molecule has 18 heavy (non-hydrogen) atoms. The van der Waals surface area contributed by atoms with Crippen LogP contribution in [0.2, 0.25) is 25.1 Å². The van der Waals surface area contributed by atoms with Gasteiger partial charge in [-0.2, -0.15) is 0 Å². The zero-order valence-electron chi connectivity index (χ0n) is 8.58. The molecule has 0 aliphatic carbocycles. The maximum atomic E-state index is 6.20. The van der Waals surface area contributed by atoms with E-state index in [1.807, 2.05) is 24.3 Å². The molecule has 0 N–H and O–H groups in total. The molecule has 0 saturated heterocycles. The van der Waals surface area contributed by atoms with Crippen molar-refractivity contribution in [3.63, 3.8) is 0 Å². The Labute approximate surface area is 138 Å². The Morgan fingerprint density at radius 1 is 0.667 bits per heavy atom. The molecule has 0 amide bonds. The molecule has 2 aromatic rings. The molecule has 0 fully saturated rings. The summed E-state index contributed by atoms with van der Waals surface area (Å²) in [5.74, 6) is 0. The average Bonchev–Trinajstić information content (AvgIpc) is 2.36. The highest BCUT2D eigenvalue weighted by Crippen LogP contribution is 2.49. The van der Waals surface area contributed by atoms with Crippen molar-refractivity contribution in [2.24, 2.45) is 0 Å². The van der Waals surface area contributed by atoms with Gasteiger partial charge in [0.05, 0.1) is 25.1 Å². The maximum absolute atomic E-state index is 6.20. The lowest BCUT2D eigenvalue weighted by Gasteiger charge is -2.13. The van der Waals surface area contributed by atoms with Crippen molar-refractivity contribution in [2.45, 2.75) is 0 Å². The van der Waals surface area contributed by atoms with Crippen molar-refractivity contribution in [1.29, 1.82) is 0 Å². The molecule has 0 saturated carbocycles.